The number of nitrogens with zero attached hydrogens (tertiary/aromatic N) is 2. The van der Waals surface area contributed by atoms with Gasteiger partial charge in [-0.15, -0.1) is 11.3 Å². The first-order valence-corrected chi connectivity index (χ1v) is 10.8. The standard InChI is InChI=1S/C23H15ClN4O4S/c24-19-12-17(28(31)32)10-11-18(19)22(30)27-23-26-20(13-33-23)14-6-8-16(9-7-14)25-21(29)15-4-2-1-3-5-15/h1-13H,(H,25,29)(H,26,27,30). The van der Waals surface area contributed by atoms with Crippen molar-refractivity contribution in [2.24, 2.45) is 0 Å². The maximum absolute atomic E-state index is 12.5. The minimum atomic E-state index is -0.584. The van der Waals surface area contributed by atoms with E-state index >= 15 is 0 Å². The van der Waals surface area contributed by atoms with Gasteiger partial charge in [0.2, 0.25) is 0 Å². The number of non-ortho nitro benzene ring substituents is 1. The van der Waals surface area contributed by atoms with Gasteiger partial charge in [-0.25, -0.2) is 4.98 Å². The molecule has 0 atom stereocenters. The molecule has 2 N–H and O–H groups in total. The molecule has 0 saturated carbocycles. The first-order chi connectivity index (χ1) is 15.9. The maximum Gasteiger partial charge on any atom is 0.270 e. The molecule has 3 aromatic carbocycles. The Bertz CT molecular complexity index is 1340. The highest BCUT2D eigenvalue weighted by Gasteiger charge is 2.16. The van der Waals surface area contributed by atoms with Crippen LogP contribution in [-0.2, 0) is 0 Å². The molecule has 4 aromatic rings. The molecule has 0 fully saturated rings. The summed E-state index contributed by atoms with van der Waals surface area (Å²) in [6.45, 7) is 0. The molecule has 0 spiro atoms. The summed E-state index contributed by atoms with van der Waals surface area (Å²) in [4.78, 5) is 39.4. The number of rotatable bonds is 6. The Kier molecular flexibility index (Phi) is 6.43. The highest BCUT2D eigenvalue weighted by atomic mass is 35.5. The Morgan fingerprint density at radius 2 is 1.67 bits per heavy atom. The van der Waals surface area contributed by atoms with E-state index in [4.69, 9.17) is 11.6 Å². The van der Waals surface area contributed by atoms with Crippen molar-refractivity contribution in [3.63, 3.8) is 0 Å². The van der Waals surface area contributed by atoms with E-state index in [0.29, 0.717) is 22.1 Å². The molecule has 0 bridgehead atoms. The number of nitro groups is 1. The van der Waals surface area contributed by atoms with Crippen LogP contribution in [0.2, 0.25) is 5.02 Å². The van der Waals surface area contributed by atoms with Crippen LogP contribution in [0, 0.1) is 10.1 Å². The molecule has 10 heteroatoms. The topological polar surface area (TPSA) is 114 Å². The van der Waals surface area contributed by atoms with Crippen molar-refractivity contribution in [1.82, 2.24) is 4.98 Å². The van der Waals surface area contributed by atoms with Gasteiger partial charge >= 0.3 is 0 Å². The van der Waals surface area contributed by atoms with E-state index in [1.165, 1.54) is 23.5 Å². The van der Waals surface area contributed by atoms with Crippen molar-refractivity contribution in [2.45, 2.75) is 0 Å². The van der Waals surface area contributed by atoms with E-state index in [9.17, 15) is 19.7 Å². The van der Waals surface area contributed by atoms with E-state index in [2.05, 4.69) is 15.6 Å². The molecular formula is C23H15ClN4O4S. The number of hydrogen-bond donors (Lipinski definition) is 2. The smallest absolute Gasteiger partial charge is 0.270 e. The van der Waals surface area contributed by atoms with Crippen molar-refractivity contribution in [2.75, 3.05) is 10.6 Å². The fourth-order valence-electron chi connectivity index (χ4n) is 2.95. The second-order valence-corrected chi connectivity index (χ2v) is 8.08. The van der Waals surface area contributed by atoms with Crippen LogP contribution in [0.25, 0.3) is 11.3 Å². The lowest BCUT2D eigenvalue weighted by Crippen LogP contribution is -2.12. The van der Waals surface area contributed by atoms with Crippen LogP contribution in [0.1, 0.15) is 20.7 Å². The maximum atomic E-state index is 12.5. The quantitative estimate of drug-likeness (QED) is 0.265. The van der Waals surface area contributed by atoms with E-state index in [1.807, 2.05) is 18.2 Å². The van der Waals surface area contributed by atoms with Gasteiger partial charge in [-0.1, -0.05) is 41.9 Å². The molecule has 0 aliphatic heterocycles. The van der Waals surface area contributed by atoms with Gasteiger partial charge in [-0.05, 0) is 30.3 Å². The third-order valence-electron chi connectivity index (χ3n) is 4.61. The average Bonchev–Trinajstić information content (AvgIpc) is 3.28. The summed E-state index contributed by atoms with van der Waals surface area (Å²) < 4.78 is 0. The van der Waals surface area contributed by atoms with Gasteiger partial charge in [0.15, 0.2) is 5.13 Å². The van der Waals surface area contributed by atoms with Gasteiger partial charge in [-0.3, -0.25) is 25.0 Å². The number of nitro benzene ring substituents is 1. The van der Waals surface area contributed by atoms with Crippen molar-refractivity contribution < 1.29 is 14.5 Å². The molecule has 1 aromatic heterocycles. The first kappa shape index (κ1) is 22.1. The Morgan fingerprint density at radius 1 is 0.939 bits per heavy atom. The van der Waals surface area contributed by atoms with E-state index in [0.717, 1.165) is 11.6 Å². The predicted molar refractivity (Wildman–Crippen MR) is 128 cm³/mol. The Balaban J connectivity index is 1.42. The molecule has 1 heterocycles. The first-order valence-electron chi connectivity index (χ1n) is 9.58. The highest BCUT2D eigenvalue weighted by Crippen LogP contribution is 2.28. The SMILES string of the molecule is O=C(Nc1ccc(-c2csc(NC(=O)c3ccc([N+](=O)[O-])cc3Cl)n2)cc1)c1ccccc1. The van der Waals surface area contributed by atoms with Crippen LogP contribution in [0.3, 0.4) is 0 Å². The lowest BCUT2D eigenvalue weighted by molar-refractivity contribution is -0.384. The molecule has 8 nitrogen and oxygen atoms in total. The summed E-state index contributed by atoms with van der Waals surface area (Å²) in [7, 11) is 0. The third kappa shape index (κ3) is 5.22. The number of amides is 2. The van der Waals surface area contributed by atoms with Gasteiger partial charge < -0.3 is 5.32 Å². The van der Waals surface area contributed by atoms with Crippen molar-refractivity contribution in [3.8, 4) is 11.3 Å². The number of halogens is 1. The molecule has 4 rings (SSSR count). The number of carbonyl (C=O) groups is 2. The van der Waals surface area contributed by atoms with Gasteiger partial charge in [0.25, 0.3) is 17.5 Å². The number of hydrogen-bond acceptors (Lipinski definition) is 6. The molecule has 33 heavy (non-hydrogen) atoms. The van der Waals surface area contributed by atoms with Crippen molar-refractivity contribution in [3.05, 3.63) is 104 Å². The number of carbonyl (C=O) groups excluding carboxylic acids is 2. The van der Waals surface area contributed by atoms with Gasteiger partial charge in [0.05, 0.1) is 21.2 Å². The zero-order valence-electron chi connectivity index (χ0n) is 16.8. The minimum Gasteiger partial charge on any atom is -0.322 e. The summed E-state index contributed by atoms with van der Waals surface area (Å²) in [5, 5.41) is 18.4. The number of aromatic nitrogens is 1. The zero-order chi connectivity index (χ0) is 23.4. The van der Waals surface area contributed by atoms with Gasteiger partial charge in [0, 0.05) is 34.3 Å². The summed E-state index contributed by atoms with van der Waals surface area (Å²) in [6.07, 6.45) is 0. The number of benzene rings is 3. The van der Waals surface area contributed by atoms with E-state index in [1.54, 1.807) is 41.8 Å². The molecule has 164 valence electrons. The fraction of sp³-hybridized carbons (Fsp3) is 0. The fourth-order valence-corrected chi connectivity index (χ4v) is 3.92. The summed E-state index contributed by atoms with van der Waals surface area (Å²) in [5.41, 5.74) is 2.57. The van der Waals surface area contributed by atoms with Crippen molar-refractivity contribution >= 4 is 51.3 Å². The van der Waals surface area contributed by atoms with Crippen LogP contribution in [-0.4, -0.2) is 21.7 Å². The van der Waals surface area contributed by atoms with Crippen LogP contribution in [0.5, 0.6) is 0 Å². The summed E-state index contributed by atoms with van der Waals surface area (Å²) in [5.74, 6) is -0.721. The summed E-state index contributed by atoms with van der Waals surface area (Å²) >= 11 is 7.24. The van der Waals surface area contributed by atoms with Gasteiger partial charge in [0.1, 0.15) is 0 Å². The Morgan fingerprint density at radius 3 is 2.33 bits per heavy atom. The molecule has 0 unspecified atom stereocenters. The van der Waals surface area contributed by atoms with E-state index in [-0.39, 0.29) is 22.2 Å². The van der Waals surface area contributed by atoms with Crippen LogP contribution in [0.4, 0.5) is 16.5 Å². The number of nitrogens with one attached hydrogen (secondary N) is 2. The monoisotopic (exact) mass is 478 g/mol. The second kappa shape index (κ2) is 9.60. The molecule has 0 aliphatic carbocycles. The lowest BCUT2D eigenvalue weighted by atomic mass is 10.1. The normalized spacial score (nSPS) is 10.5. The highest BCUT2D eigenvalue weighted by molar-refractivity contribution is 7.14. The lowest BCUT2D eigenvalue weighted by Gasteiger charge is -2.06. The number of thiazole rings is 1. The zero-order valence-corrected chi connectivity index (χ0v) is 18.4. The average molecular weight is 479 g/mol. The predicted octanol–water partition coefficient (Wildman–Crippen LogP) is 5.88. The molecular weight excluding hydrogens is 464 g/mol. The van der Waals surface area contributed by atoms with Gasteiger partial charge in [-0.2, -0.15) is 0 Å². The molecule has 0 aliphatic rings. The molecule has 0 radical (unpaired) electrons. The molecule has 2 amide bonds. The third-order valence-corrected chi connectivity index (χ3v) is 5.68. The van der Waals surface area contributed by atoms with Crippen LogP contribution < -0.4 is 10.6 Å². The minimum absolute atomic E-state index is 0.0216. The van der Waals surface area contributed by atoms with Crippen LogP contribution in [0.15, 0.2) is 78.2 Å². The Hall–Kier alpha value is -4.08. The van der Waals surface area contributed by atoms with Crippen molar-refractivity contribution in [1.29, 1.82) is 0 Å². The summed E-state index contributed by atoms with van der Waals surface area (Å²) in [6, 6.07) is 19.7. The van der Waals surface area contributed by atoms with E-state index < -0.39 is 10.8 Å². The second-order valence-electron chi connectivity index (χ2n) is 6.81. The largest absolute Gasteiger partial charge is 0.322 e. The van der Waals surface area contributed by atoms with Crippen LogP contribution >= 0.6 is 22.9 Å². The Labute approximate surface area is 197 Å². The number of anilines is 2. The molecule has 0 saturated heterocycles.